The van der Waals surface area contributed by atoms with Crippen molar-refractivity contribution >= 4 is 5.97 Å². The summed E-state index contributed by atoms with van der Waals surface area (Å²) in [6.07, 6.45) is 1.94. The van der Waals surface area contributed by atoms with Gasteiger partial charge in [0.25, 0.3) is 0 Å². The zero-order valence-corrected chi connectivity index (χ0v) is 15.9. The van der Waals surface area contributed by atoms with Crippen LogP contribution in [0.25, 0.3) is 0 Å². The minimum Gasteiger partial charge on any atom is -0.466 e. The number of esters is 1. The molecule has 0 heterocycles. The molecule has 0 amide bonds. The van der Waals surface area contributed by atoms with Crippen LogP contribution < -0.4 is 0 Å². The van der Waals surface area contributed by atoms with Gasteiger partial charge in [-0.25, -0.2) is 0 Å². The third-order valence-electron chi connectivity index (χ3n) is 4.13. The molecule has 4 heteroatoms. The molecule has 0 saturated heterocycles. The first kappa shape index (κ1) is 20.9. The van der Waals surface area contributed by atoms with Gasteiger partial charge in [-0.3, -0.25) is 4.79 Å². The Hall–Kier alpha value is -2.43. The van der Waals surface area contributed by atoms with Gasteiger partial charge >= 0.3 is 5.97 Å². The second-order valence-corrected chi connectivity index (χ2v) is 6.18. The largest absolute Gasteiger partial charge is 0.466 e. The van der Waals surface area contributed by atoms with E-state index in [9.17, 15) is 4.79 Å². The van der Waals surface area contributed by atoms with Crippen LogP contribution in [0.1, 0.15) is 30.9 Å². The third kappa shape index (κ3) is 7.77. The molecule has 0 spiro atoms. The maximum atomic E-state index is 11.8. The van der Waals surface area contributed by atoms with Crippen molar-refractivity contribution < 1.29 is 19.0 Å². The van der Waals surface area contributed by atoms with E-state index in [2.05, 4.69) is 6.58 Å². The van der Waals surface area contributed by atoms with Crippen molar-refractivity contribution in [3.05, 3.63) is 84.4 Å². The molecular formula is C23H28O4. The van der Waals surface area contributed by atoms with Crippen molar-refractivity contribution in [3.8, 4) is 0 Å². The highest BCUT2D eigenvalue weighted by Gasteiger charge is 2.22. The number of ether oxygens (including phenoxy) is 3. The molecule has 27 heavy (non-hydrogen) atoms. The van der Waals surface area contributed by atoms with Crippen molar-refractivity contribution in [2.24, 2.45) is 0 Å². The summed E-state index contributed by atoms with van der Waals surface area (Å²) in [6, 6.07) is 19.9. The lowest BCUT2D eigenvalue weighted by atomic mass is 10.1. The van der Waals surface area contributed by atoms with Gasteiger partial charge in [-0.15, -0.1) is 6.58 Å². The van der Waals surface area contributed by atoms with Gasteiger partial charge in [0, 0.05) is 6.42 Å². The van der Waals surface area contributed by atoms with Crippen LogP contribution in [0.2, 0.25) is 0 Å². The summed E-state index contributed by atoms with van der Waals surface area (Å²) in [5, 5.41) is 0. The van der Waals surface area contributed by atoms with Gasteiger partial charge in [-0.2, -0.15) is 0 Å². The van der Waals surface area contributed by atoms with Gasteiger partial charge < -0.3 is 14.2 Å². The molecule has 0 N–H and O–H groups in total. The lowest BCUT2D eigenvalue weighted by Gasteiger charge is -2.25. The van der Waals surface area contributed by atoms with Crippen LogP contribution >= 0.6 is 0 Å². The van der Waals surface area contributed by atoms with Gasteiger partial charge in [-0.1, -0.05) is 66.7 Å². The van der Waals surface area contributed by atoms with E-state index in [-0.39, 0.29) is 24.6 Å². The zero-order chi connectivity index (χ0) is 19.3. The van der Waals surface area contributed by atoms with Gasteiger partial charge in [-0.05, 0) is 24.5 Å². The van der Waals surface area contributed by atoms with Crippen molar-refractivity contribution in [2.45, 2.75) is 45.2 Å². The van der Waals surface area contributed by atoms with Crippen LogP contribution in [0.15, 0.2) is 73.3 Å². The maximum absolute atomic E-state index is 11.8. The molecular weight excluding hydrogens is 340 g/mol. The number of benzene rings is 2. The molecule has 0 unspecified atom stereocenters. The Labute approximate surface area is 161 Å². The van der Waals surface area contributed by atoms with E-state index in [0.717, 1.165) is 11.1 Å². The molecule has 2 aromatic carbocycles. The molecule has 0 radical (unpaired) electrons. The summed E-state index contributed by atoms with van der Waals surface area (Å²) < 4.78 is 17.2. The van der Waals surface area contributed by atoms with E-state index in [0.29, 0.717) is 26.2 Å². The second kappa shape index (κ2) is 12.0. The van der Waals surface area contributed by atoms with Crippen LogP contribution in [0.4, 0.5) is 0 Å². The van der Waals surface area contributed by atoms with Crippen LogP contribution in [0, 0.1) is 0 Å². The minimum absolute atomic E-state index is 0.225. The highest BCUT2D eigenvalue weighted by atomic mass is 16.5. The summed E-state index contributed by atoms with van der Waals surface area (Å²) in [5.74, 6) is -0.225. The molecule has 0 aliphatic rings. The summed E-state index contributed by atoms with van der Waals surface area (Å²) in [4.78, 5) is 11.8. The monoisotopic (exact) mass is 368 g/mol. The minimum atomic E-state index is -0.316. The Balaban J connectivity index is 1.97. The van der Waals surface area contributed by atoms with Crippen molar-refractivity contribution in [1.29, 1.82) is 0 Å². The number of rotatable bonds is 12. The fraction of sp³-hybridized carbons (Fsp3) is 0.348. The first-order valence-corrected chi connectivity index (χ1v) is 9.32. The predicted molar refractivity (Wildman–Crippen MR) is 106 cm³/mol. The van der Waals surface area contributed by atoms with E-state index in [1.807, 2.05) is 60.7 Å². The molecule has 4 nitrogen and oxygen atoms in total. The quantitative estimate of drug-likeness (QED) is 0.403. The maximum Gasteiger partial charge on any atom is 0.305 e. The number of hydrogen-bond acceptors (Lipinski definition) is 4. The van der Waals surface area contributed by atoms with Gasteiger partial charge in [0.05, 0.1) is 25.9 Å². The lowest BCUT2D eigenvalue weighted by molar-refractivity contribution is -0.144. The van der Waals surface area contributed by atoms with E-state index in [4.69, 9.17) is 14.2 Å². The Kier molecular flexibility index (Phi) is 9.31. The molecule has 2 atom stereocenters. The molecule has 0 aromatic heterocycles. The zero-order valence-electron chi connectivity index (χ0n) is 15.9. The fourth-order valence-corrected chi connectivity index (χ4v) is 2.71. The summed E-state index contributed by atoms with van der Waals surface area (Å²) in [7, 11) is 0. The van der Waals surface area contributed by atoms with E-state index >= 15 is 0 Å². The number of hydrogen-bond donors (Lipinski definition) is 0. The molecule has 0 aliphatic heterocycles. The van der Waals surface area contributed by atoms with Crippen molar-refractivity contribution in [2.75, 3.05) is 6.61 Å². The van der Waals surface area contributed by atoms with Gasteiger partial charge in [0.2, 0.25) is 0 Å². The van der Waals surface area contributed by atoms with Crippen molar-refractivity contribution in [3.63, 3.8) is 0 Å². The number of carbonyl (C=O) groups is 1. The summed E-state index contributed by atoms with van der Waals surface area (Å²) >= 11 is 0. The van der Waals surface area contributed by atoms with E-state index in [1.54, 1.807) is 13.0 Å². The van der Waals surface area contributed by atoms with Gasteiger partial charge in [0.1, 0.15) is 6.10 Å². The average molecular weight is 368 g/mol. The first-order valence-electron chi connectivity index (χ1n) is 9.32. The Morgan fingerprint density at radius 1 is 0.963 bits per heavy atom. The Morgan fingerprint density at radius 2 is 1.52 bits per heavy atom. The fourth-order valence-electron chi connectivity index (χ4n) is 2.71. The SMILES string of the molecule is C=C[C@@H](OCc1ccccc1)[C@H](CCC(=O)OCC)OCc1ccccc1. The molecule has 2 rings (SSSR count). The molecule has 0 saturated carbocycles. The Bertz CT molecular complexity index is 669. The van der Waals surface area contributed by atoms with E-state index < -0.39 is 0 Å². The van der Waals surface area contributed by atoms with Crippen LogP contribution in [0.5, 0.6) is 0 Å². The highest BCUT2D eigenvalue weighted by Crippen LogP contribution is 2.17. The normalized spacial score (nSPS) is 12.9. The van der Waals surface area contributed by atoms with Gasteiger partial charge in [0.15, 0.2) is 0 Å². The van der Waals surface area contributed by atoms with Crippen LogP contribution in [-0.2, 0) is 32.2 Å². The van der Waals surface area contributed by atoms with Crippen molar-refractivity contribution in [1.82, 2.24) is 0 Å². The second-order valence-electron chi connectivity index (χ2n) is 6.18. The predicted octanol–water partition coefficient (Wildman–Crippen LogP) is 4.69. The topological polar surface area (TPSA) is 44.8 Å². The average Bonchev–Trinajstić information content (AvgIpc) is 2.71. The van der Waals surface area contributed by atoms with E-state index in [1.165, 1.54) is 0 Å². The lowest BCUT2D eigenvalue weighted by Crippen LogP contribution is -2.31. The highest BCUT2D eigenvalue weighted by molar-refractivity contribution is 5.69. The molecule has 2 aromatic rings. The smallest absolute Gasteiger partial charge is 0.305 e. The molecule has 0 aliphatic carbocycles. The Morgan fingerprint density at radius 3 is 2.04 bits per heavy atom. The van der Waals surface area contributed by atoms with Crippen LogP contribution in [-0.4, -0.2) is 24.8 Å². The molecule has 0 fully saturated rings. The molecule has 0 bridgehead atoms. The molecule has 144 valence electrons. The summed E-state index contributed by atoms with van der Waals surface area (Å²) in [5.41, 5.74) is 2.15. The van der Waals surface area contributed by atoms with Crippen LogP contribution in [0.3, 0.4) is 0 Å². The summed E-state index contributed by atoms with van der Waals surface area (Å²) in [6.45, 7) is 6.98. The standard InChI is InChI=1S/C23H28O4/c1-3-21(26-17-19-11-7-5-8-12-19)22(15-16-23(24)25-4-2)27-18-20-13-9-6-10-14-20/h3,5-14,21-22H,1,4,15-18H2,2H3/t21-,22+/m1/s1. The number of carbonyl (C=O) groups excluding carboxylic acids is 1. The third-order valence-corrected chi connectivity index (χ3v) is 4.13. The first-order chi connectivity index (χ1) is 13.2.